The predicted octanol–water partition coefficient (Wildman–Crippen LogP) is 1.60. The molecular weight excluding hydrogens is 175 g/mol. The van der Waals surface area contributed by atoms with E-state index in [0.29, 0.717) is 0 Å². The number of hydrogen-bond acceptors (Lipinski definition) is 2. The number of benzene rings is 1. The van der Waals surface area contributed by atoms with Crippen LogP contribution >= 0.6 is 0 Å². The Morgan fingerprint density at radius 1 is 1.62 bits per heavy atom. The number of aliphatic carboxylic acids is 1. The van der Waals surface area contributed by atoms with E-state index < -0.39 is 18.4 Å². The number of hydrogen-bond donors (Lipinski definition) is 1. The first-order valence-electron chi connectivity index (χ1n) is 3.70. The molecule has 3 nitrogen and oxygen atoms in total. The fraction of sp³-hybridized carbons (Fsp3) is 0.222. The van der Waals surface area contributed by atoms with E-state index in [2.05, 4.69) is 4.74 Å². The molecule has 13 heavy (non-hydrogen) atoms. The van der Waals surface area contributed by atoms with Gasteiger partial charge >= 0.3 is 5.97 Å². The Labute approximate surface area is 74.8 Å². The van der Waals surface area contributed by atoms with E-state index in [4.69, 9.17) is 5.11 Å². The highest BCUT2D eigenvalue weighted by Crippen LogP contribution is 2.17. The van der Waals surface area contributed by atoms with Crippen molar-refractivity contribution in [2.24, 2.45) is 0 Å². The van der Waals surface area contributed by atoms with Gasteiger partial charge in [0.25, 0.3) is 0 Å². The maximum atomic E-state index is 13.0. The van der Waals surface area contributed by atoms with Crippen LogP contribution in [0.1, 0.15) is 5.56 Å². The lowest BCUT2D eigenvalue weighted by Crippen LogP contribution is -2.10. The first kappa shape index (κ1) is 9.51. The van der Waals surface area contributed by atoms with Crippen LogP contribution in [-0.2, 0) is 4.79 Å². The molecule has 4 heteroatoms. The smallest absolute Gasteiger partial charge is 0.341 e. The molecule has 0 saturated carbocycles. The molecule has 0 amide bonds. The molecule has 0 spiro atoms. The molecule has 0 atom stereocenters. The second-order valence-corrected chi connectivity index (χ2v) is 2.62. The van der Waals surface area contributed by atoms with Crippen LogP contribution in [0.25, 0.3) is 0 Å². The van der Waals surface area contributed by atoms with Crippen molar-refractivity contribution in [3.05, 3.63) is 29.6 Å². The summed E-state index contributed by atoms with van der Waals surface area (Å²) in [6.45, 7) is 1.21. The van der Waals surface area contributed by atoms with Crippen LogP contribution in [0.5, 0.6) is 5.75 Å². The summed E-state index contributed by atoms with van der Waals surface area (Å²) >= 11 is 0. The average molecular weight is 184 g/mol. The molecule has 0 fully saturated rings. The molecule has 1 N–H and O–H groups in total. The van der Waals surface area contributed by atoms with E-state index in [1.807, 2.05) is 0 Å². The van der Waals surface area contributed by atoms with E-state index in [9.17, 15) is 9.18 Å². The maximum Gasteiger partial charge on any atom is 0.341 e. The lowest BCUT2D eigenvalue weighted by atomic mass is 10.2. The fourth-order valence-electron chi connectivity index (χ4n) is 0.862. The monoisotopic (exact) mass is 184 g/mol. The van der Waals surface area contributed by atoms with Crippen LogP contribution in [0, 0.1) is 12.7 Å². The summed E-state index contributed by atoms with van der Waals surface area (Å²) in [6, 6.07) is 4.35. The van der Waals surface area contributed by atoms with Crippen molar-refractivity contribution >= 4 is 5.97 Å². The van der Waals surface area contributed by atoms with Gasteiger partial charge in [0.2, 0.25) is 0 Å². The van der Waals surface area contributed by atoms with Gasteiger partial charge in [-0.2, -0.15) is 0 Å². The first-order chi connectivity index (χ1) is 6.09. The zero-order valence-corrected chi connectivity index (χ0v) is 7.08. The Bertz CT molecular complexity index is 323. The second-order valence-electron chi connectivity index (χ2n) is 2.62. The molecule has 0 heterocycles. The highest BCUT2D eigenvalue weighted by molar-refractivity contribution is 5.68. The molecule has 0 aliphatic heterocycles. The van der Waals surface area contributed by atoms with Gasteiger partial charge in [-0.05, 0) is 24.6 Å². The number of carboxylic acids is 1. The number of carboxylic acid groups (broad SMARTS) is 1. The van der Waals surface area contributed by atoms with E-state index in [-0.39, 0.29) is 5.75 Å². The van der Waals surface area contributed by atoms with E-state index in [1.54, 1.807) is 13.0 Å². The van der Waals surface area contributed by atoms with Crippen molar-refractivity contribution in [3.63, 3.8) is 0 Å². The molecule has 1 rings (SSSR count). The Balaban J connectivity index is 2.72. The quantitative estimate of drug-likeness (QED) is 0.776. The summed E-state index contributed by atoms with van der Waals surface area (Å²) in [5, 5.41) is 8.27. The standard InChI is InChI=1S/C9H9FO3/c1-6-2-3-8(7(10)4-6)13-5-9(11)12/h2-4H,5H2,1H3,(H,11,12). The van der Waals surface area contributed by atoms with E-state index in [1.165, 1.54) is 12.1 Å². The third-order valence-electron chi connectivity index (χ3n) is 1.44. The average Bonchev–Trinajstić information content (AvgIpc) is 2.02. The molecule has 1 aromatic rings. The summed E-state index contributed by atoms with van der Waals surface area (Å²) in [4.78, 5) is 10.1. The zero-order chi connectivity index (χ0) is 9.84. The van der Waals surface area contributed by atoms with Crippen molar-refractivity contribution < 1.29 is 19.0 Å². The van der Waals surface area contributed by atoms with Crippen LogP contribution in [0.15, 0.2) is 18.2 Å². The minimum absolute atomic E-state index is 0.0343. The number of aryl methyl sites for hydroxylation is 1. The van der Waals surface area contributed by atoms with Gasteiger partial charge in [-0.1, -0.05) is 6.07 Å². The summed E-state index contributed by atoms with van der Waals surface area (Å²) < 4.78 is 17.7. The van der Waals surface area contributed by atoms with Gasteiger partial charge in [-0.15, -0.1) is 0 Å². The fourth-order valence-corrected chi connectivity index (χ4v) is 0.862. The molecule has 0 bridgehead atoms. The molecule has 0 unspecified atom stereocenters. The van der Waals surface area contributed by atoms with Crippen molar-refractivity contribution in [3.8, 4) is 5.75 Å². The van der Waals surface area contributed by atoms with Gasteiger partial charge in [0.05, 0.1) is 0 Å². The SMILES string of the molecule is Cc1ccc(OCC(=O)O)c(F)c1. The van der Waals surface area contributed by atoms with Crippen molar-refractivity contribution in [2.75, 3.05) is 6.61 Å². The minimum atomic E-state index is -1.13. The van der Waals surface area contributed by atoms with Gasteiger partial charge in [-0.25, -0.2) is 9.18 Å². The van der Waals surface area contributed by atoms with E-state index in [0.717, 1.165) is 5.56 Å². The van der Waals surface area contributed by atoms with Crippen molar-refractivity contribution in [1.82, 2.24) is 0 Å². The lowest BCUT2D eigenvalue weighted by molar-refractivity contribution is -0.139. The topological polar surface area (TPSA) is 46.5 Å². The van der Waals surface area contributed by atoms with Crippen LogP contribution in [0.4, 0.5) is 4.39 Å². The molecular formula is C9H9FO3. The molecule has 0 saturated heterocycles. The third kappa shape index (κ3) is 2.74. The second kappa shape index (κ2) is 3.89. The summed E-state index contributed by atoms with van der Waals surface area (Å²) in [5.41, 5.74) is 0.764. The Morgan fingerprint density at radius 2 is 2.31 bits per heavy atom. The number of carbonyl (C=O) groups is 1. The van der Waals surface area contributed by atoms with Crippen LogP contribution < -0.4 is 4.74 Å². The Hall–Kier alpha value is -1.58. The maximum absolute atomic E-state index is 13.0. The third-order valence-corrected chi connectivity index (χ3v) is 1.44. The number of rotatable bonds is 3. The molecule has 0 aliphatic carbocycles. The van der Waals surface area contributed by atoms with Crippen LogP contribution in [0.3, 0.4) is 0 Å². The molecule has 0 aliphatic rings. The highest BCUT2D eigenvalue weighted by Gasteiger charge is 2.04. The molecule has 1 aromatic carbocycles. The van der Waals surface area contributed by atoms with Gasteiger partial charge in [0.15, 0.2) is 18.2 Å². The number of halogens is 1. The lowest BCUT2D eigenvalue weighted by Gasteiger charge is -2.04. The molecule has 70 valence electrons. The van der Waals surface area contributed by atoms with E-state index >= 15 is 0 Å². The van der Waals surface area contributed by atoms with Crippen LogP contribution in [0.2, 0.25) is 0 Å². The van der Waals surface area contributed by atoms with Gasteiger partial charge in [0, 0.05) is 0 Å². The summed E-state index contributed by atoms with van der Waals surface area (Å²) in [6.07, 6.45) is 0. The highest BCUT2D eigenvalue weighted by atomic mass is 19.1. The minimum Gasteiger partial charge on any atom is -0.479 e. The zero-order valence-electron chi connectivity index (χ0n) is 7.08. The van der Waals surface area contributed by atoms with Crippen molar-refractivity contribution in [1.29, 1.82) is 0 Å². The predicted molar refractivity (Wildman–Crippen MR) is 44.3 cm³/mol. The van der Waals surface area contributed by atoms with Gasteiger partial charge < -0.3 is 9.84 Å². The molecule has 0 aromatic heterocycles. The largest absolute Gasteiger partial charge is 0.479 e. The van der Waals surface area contributed by atoms with Crippen molar-refractivity contribution in [2.45, 2.75) is 6.92 Å². The first-order valence-corrected chi connectivity index (χ1v) is 3.70. The normalized spacial score (nSPS) is 9.69. The van der Waals surface area contributed by atoms with Gasteiger partial charge in [0.1, 0.15) is 0 Å². The van der Waals surface area contributed by atoms with Gasteiger partial charge in [-0.3, -0.25) is 0 Å². The molecule has 0 radical (unpaired) electrons. The summed E-state index contributed by atoms with van der Waals surface area (Å²) in [7, 11) is 0. The summed E-state index contributed by atoms with van der Waals surface area (Å²) in [5.74, 6) is -1.70. The van der Waals surface area contributed by atoms with Crippen LogP contribution in [-0.4, -0.2) is 17.7 Å². The number of ether oxygens (including phenoxy) is 1. The Morgan fingerprint density at radius 3 is 2.85 bits per heavy atom. The Kier molecular flexibility index (Phi) is 2.84.